The summed E-state index contributed by atoms with van der Waals surface area (Å²) in [5, 5.41) is 2.88. The molecule has 4 N–H and O–H groups in total. The first-order valence-corrected chi connectivity index (χ1v) is 15.3. The summed E-state index contributed by atoms with van der Waals surface area (Å²) in [4.78, 5) is 52.7. The third kappa shape index (κ3) is 9.77. The number of H-pyrrole nitrogens is 1. The minimum absolute atomic E-state index is 0. The molecule has 2 heterocycles. The number of nitrogens with two attached hydrogens (primary N) is 1. The van der Waals surface area contributed by atoms with Crippen LogP contribution < -0.4 is 25.4 Å². The number of aromatic amines is 1. The van der Waals surface area contributed by atoms with Crippen LogP contribution in [-0.2, 0) is 11.3 Å². The highest BCUT2D eigenvalue weighted by molar-refractivity contribution is 6.12. The lowest BCUT2D eigenvalue weighted by atomic mass is 10.1. The van der Waals surface area contributed by atoms with Gasteiger partial charge in [-0.1, -0.05) is 12.1 Å². The van der Waals surface area contributed by atoms with Gasteiger partial charge in [-0.25, -0.2) is 4.98 Å². The molecule has 49 heavy (non-hydrogen) atoms. The highest BCUT2D eigenvalue weighted by Gasteiger charge is 2.22. The Morgan fingerprint density at radius 2 is 1.73 bits per heavy atom. The fourth-order valence-electron chi connectivity index (χ4n) is 5.42. The van der Waals surface area contributed by atoms with E-state index in [1.54, 1.807) is 37.4 Å². The summed E-state index contributed by atoms with van der Waals surface area (Å²) in [7, 11) is 5.22. The summed E-state index contributed by atoms with van der Waals surface area (Å²) in [5.41, 5.74) is 9.68. The van der Waals surface area contributed by atoms with Gasteiger partial charge in [-0.3, -0.25) is 14.4 Å². The third-order valence-corrected chi connectivity index (χ3v) is 8.13. The zero-order valence-corrected chi connectivity index (χ0v) is 30.4. The van der Waals surface area contributed by atoms with Gasteiger partial charge in [0, 0.05) is 45.2 Å². The minimum atomic E-state index is -0.373. The molecule has 1 aromatic heterocycles. The Kier molecular flexibility index (Phi) is 15.6. The van der Waals surface area contributed by atoms with Crippen LogP contribution in [0.3, 0.4) is 0 Å². The Balaban J connectivity index is 0.00000278. The topological polar surface area (TPSA) is 146 Å². The van der Waals surface area contributed by atoms with Crippen LogP contribution in [0.5, 0.6) is 11.5 Å². The number of aryl methyl sites for hydroxylation is 1. The smallest absolute Gasteiger partial charge is 0.258 e. The van der Waals surface area contributed by atoms with Gasteiger partial charge in [0.2, 0.25) is 5.91 Å². The molecule has 12 nitrogen and oxygen atoms in total. The van der Waals surface area contributed by atoms with Crippen LogP contribution in [0.1, 0.15) is 44.9 Å². The van der Waals surface area contributed by atoms with Crippen molar-refractivity contribution in [3.8, 4) is 11.5 Å². The average Bonchev–Trinajstić information content (AvgIpc) is 3.50. The van der Waals surface area contributed by atoms with Gasteiger partial charge in [-0.15, -0.1) is 37.2 Å². The number of carbonyl (C=O) groups excluding carboxylic acids is 3. The first-order valence-electron chi connectivity index (χ1n) is 15.3. The van der Waals surface area contributed by atoms with Crippen LogP contribution in [0, 0.1) is 6.92 Å². The van der Waals surface area contributed by atoms with Crippen molar-refractivity contribution >= 4 is 77.4 Å². The molecular weight excluding hydrogens is 693 g/mol. The van der Waals surface area contributed by atoms with Crippen molar-refractivity contribution in [2.24, 2.45) is 5.73 Å². The Labute approximate surface area is 304 Å². The molecule has 3 amide bonds. The van der Waals surface area contributed by atoms with Crippen molar-refractivity contribution < 1.29 is 23.9 Å². The Morgan fingerprint density at radius 1 is 1.00 bits per heavy atom. The number of benzene rings is 3. The fourth-order valence-corrected chi connectivity index (χ4v) is 5.42. The number of nitrogens with zero attached hydrogens (tertiary/aromatic N) is 4. The van der Waals surface area contributed by atoms with Crippen molar-refractivity contribution in [1.29, 1.82) is 0 Å². The number of imidazole rings is 1. The molecule has 266 valence electrons. The number of likely N-dealkylation sites (N-methyl/N-ethyl adjacent to an activating group) is 1. The summed E-state index contributed by atoms with van der Waals surface area (Å²) >= 11 is 0. The average molecular weight is 737 g/mol. The van der Waals surface area contributed by atoms with Crippen LogP contribution in [0.4, 0.5) is 11.4 Å². The van der Waals surface area contributed by atoms with Crippen molar-refractivity contribution in [2.75, 3.05) is 64.2 Å². The second kappa shape index (κ2) is 18.6. The number of piperazine rings is 1. The summed E-state index contributed by atoms with van der Waals surface area (Å²) in [6, 6.07) is 15.8. The number of rotatable bonds is 11. The monoisotopic (exact) mass is 735 g/mol. The second-order valence-corrected chi connectivity index (χ2v) is 11.4. The molecule has 1 aliphatic rings. The maximum absolute atomic E-state index is 13.7. The van der Waals surface area contributed by atoms with Crippen molar-refractivity contribution in [3.63, 3.8) is 0 Å². The maximum Gasteiger partial charge on any atom is 0.258 e. The lowest BCUT2D eigenvalue weighted by Crippen LogP contribution is -2.47. The maximum atomic E-state index is 13.7. The van der Waals surface area contributed by atoms with Gasteiger partial charge in [-0.2, -0.15) is 0 Å². The molecule has 0 spiro atoms. The Hall–Kier alpha value is -4.07. The van der Waals surface area contributed by atoms with Crippen LogP contribution in [0.2, 0.25) is 0 Å². The highest BCUT2D eigenvalue weighted by atomic mass is 35.5. The normalized spacial score (nSPS) is 12.6. The summed E-state index contributed by atoms with van der Waals surface area (Å²) < 4.78 is 11.7. The van der Waals surface area contributed by atoms with E-state index in [1.807, 2.05) is 36.1 Å². The zero-order chi connectivity index (χ0) is 32.8. The van der Waals surface area contributed by atoms with Crippen molar-refractivity contribution in [3.05, 3.63) is 77.1 Å². The molecule has 0 radical (unpaired) electrons. The van der Waals surface area contributed by atoms with E-state index in [0.29, 0.717) is 70.3 Å². The molecule has 4 aromatic rings. The van der Waals surface area contributed by atoms with E-state index < -0.39 is 0 Å². The standard InChI is InChI=1S/C34H41N7O5.3ClH/c1-22-10-13-27(29(19-22)46-18-6-9-31(42)41-16-14-39(2)15-17-41)40(3)34(44)23-11-12-25(28(20-23)45-4)37-33(43)24-7-5-8-26-32(24)38-30(21-35)36-26;;;/h5,7-8,10-13,19-20H,6,9,14-18,21,35H2,1-4H3,(H,36,38)(H,37,43);3*1H. The van der Waals surface area contributed by atoms with Gasteiger partial charge in [0.05, 0.1) is 42.7 Å². The van der Waals surface area contributed by atoms with E-state index in [4.69, 9.17) is 15.2 Å². The van der Waals surface area contributed by atoms with Crippen LogP contribution >= 0.6 is 37.2 Å². The molecule has 0 saturated carbocycles. The zero-order valence-electron chi connectivity index (χ0n) is 28.0. The van der Waals surface area contributed by atoms with Crippen molar-refractivity contribution in [1.82, 2.24) is 19.8 Å². The number of aromatic nitrogens is 2. The summed E-state index contributed by atoms with van der Waals surface area (Å²) in [6.07, 6.45) is 0.983. The number of para-hydroxylation sites is 1. The van der Waals surface area contributed by atoms with E-state index >= 15 is 0 Å². The van der Waals surface area contributed by atoms with E-state index in [9.17, 15) is 14.4 Å². The number of fused-ring (bicyclic) bond motifs is 1. The minimum Gasteiger partial charge on any atom is -0.495 e. The van der Waals surface area contributed by atoms with Gasteiger partial charge in [0.15, 0.2) is 0 Å². The first-order chi connectivity index (χ1) is 22.2. The first kappa shape index (κ1) is 41.1. The summed E-state index contributed by atoms with van der Waals surface area (Å²) in [5.74, 6) is 0.950. The summed E-state index contributed by atoms with van der Waals surface area (Å²) in [6.45, 7) is 5.80. The molecule has 1 fully saturated rings. The highest BCUT2D eigenvalue weighted by Crippen LogP contribution is 2.32. The number of carbonyl (C=O) groups is 3. The molecule has 3 aromatic carbocycles. The van der Waals surface area contributed by atoms with Crippen LogP contribution in [-0.4, -0.2) is 91.5 Å². The van der Waals surface area contributed by atoms with Crippen molar-refractivity contribution in [2.45, 2.75) is 26.3 Å². The van der Waals surface area contributed by atoms with E-state index in [-0.39, 0.29) is 61.5 Å². The lowest BCUT2D eigenvalue weighted by Gasteiger charge is -2.32. The number of methoxy groups -OCH3 is 1. The molecule has 0 atom stereocenters. The third-order valence-electron chi connectivity index (χ3n) is 8.13. The quantitative estimate of drug-likeness (QED) is 0.181. The SMILES string of the molecule is COc1cc(C(=O)N(C)c2ccc(C)cc2OCCCC(=O)N2CCN(C)CC2)ccc1NC(=O)c1cccc2[nH]c(CN)nc12.Cl.Cl.Cl. The number of nitrogens with one attached hydrogen (secondary N) is 2. The number of hydrogen-bond acceptors (Lipinski definition) is 8. The van der Waals surface area contributed by atoms with Gasteiger partial charge < -0.3 is 40.2 Å². The molecule has 5 rings (SSSR count). The number of anilines is 2. The van der Waals surface area contributed by atoms with Gasteiger partial charge >= 0.3 is 0 Å². The second-order valence-electron chi connectivity index (χ2n) is 11.4. The molecule has 0 bridgehead atoms. The van der Waals surface area contributed by atoms with Crippen LogP contribution in [0.15, 0.2) is 54.6 Å². The van der Waals surface area contributed by atoms with Gasteiger partial charge in [-0.05, 0) is 68.4 Å². The Bertz CT molecular complexity index is 1740. The molecule has 0 unspecified atom stereocenters. The largest absolute Gasteiger partial charge is 0.495 e. The predicted octanol–water partition coefficient (Wildman–Crippen LogP) is 5.07. The number of amides is 3. The van der Waals surface area contributed by atoms with Gasteiger partial charge in [0.25, 0.3) is 11.8 Å². The predicted molar refractivity (Wildman–Crippen MR) is 199 cm³/mol. The fraction of sp³-hybridized carbons (Fsp3) is 0.353. The molecule has 15 heteroatoms. The molecule has 1 aliphatic heterocycles. The van der Waals surface area contributed by atoms with E-state index in [2.05, 4.69) is 27.2 Å². The molecule has 0 aliphatic carbocycles. The van der Waals surface area contributed by atoms with Gasteiger partial charge in [0.1, 0.15) is 22.8 Å². The van der Waals surface area contributed by atoms with Crippen LogP contribution in [0.25, 0.3) is 11.0 Å². The number of halogens is 3. The molecular formula is C34H44Cl3N7O5. The lowest BCUT2D eigenvalue weighted by molar-refractivity contribution is -0.133. The molecule has 1 saturated heterocycles. The van der Waals surface area contributed by atoms with E-state index in [1.165, 1.54) is 12.0 Å². The number of ether oxygens (including phenoxy) is 2. The Morgan fingerprint density at radius 3 is 2.43 bits per heavy atom. The number of hydrogen-bond donors (Lipinski definition) is 3. The van der Waals surface area contributed by atoms with E-state index in [0.717, 1.165) is 31.7 Å².